The van der Waals surface area contributed by atoms with Gasteiger partial charge in [0, 0.05) is 61.9 Å². The largest absolute Gasteiger partial charge is 0.492 e. The molecule has 5 rings (SSSR count). The van der Waals surface area contributed by atoms with E-state index in [1.807, 2.05) is 50.5 Å². The van der Waals surface area contributed by atoms with Crippen LogP contribution in [0.1, 0.15) is 22.0 Å². The van der Waals surface area contributed by atoms with Gasteiger partial charge in [0.1, 0.15) is 23.7 Å². The number of furan rings is 1. The van der Waals surface area contributed by atoms with Gasteiger partial charge in [-0.3, -0.25) is 4.79 Å². The standard InChI is InChI=1S/C30H33ClN4O5/c1-32-10-12-34(3)30(37)40-26-16-24-28(23-7-5-4-6-22(23)26)20(17-31)18-35(24)29(36)27-15-19-14-21(38-13-11-33-2)8-9-25(19)39-27/h4-9,14-16,20,32-33H,10-13,17-18H2,1-3H3/t20-/m1/s1. The lowest BCUT2D eigenvalue weighted by Gasteiger charge is -2.20. The van der Waals surface area contributed by atoms with Gasteiger partial charge >= 0.3 is 6.09 Å². The Balaban J connectivity index is 1.50. The average Bonchev–Trinajstić information content (AvgIpc) is 3.57. The maximum Gasteiger partial charge on any atom is 0.415 e. The minimum absolute atomic E-state index is 0.0925. The van der Waals surface area contributed by atoms with Gasteiger partial charge in [-0.05, 0) is 49.3 Å². The molecule has 2 heterocycles. The van der Waals surface area contributed by atoms with Gasteiger partial charge in [0.25, 0.3) is 5.91 Å². The molecule has 0 unspecified atom stereocenters. The summed E-state index contributed by atoms with van der Waals surface area (Å²) < 4.78 is 17.6. The molecule has 10 heteroatoms. The summed E-state index contributed by atoms with van der Waals surface area (Å²) in [5.41, 5.74) is 2.21. The molecule has 0 saturated heterocycles. The van der Waals surface area contributed by atoms with E-state index in [-0.39, 0.29) is 17.6 Å². The first-order chi connectivity index (χ1) is 19.4. The van der Waals surface area contributed by atoms with E-state index in [1.165, 1.54) is 4.90 Å². The molecule has 0 radical (unpaired) electrons. The summed E-state index contributed by atoms with van der Waals surface area (Å²) in [6.07, 6.45) is -0.477. The molecule has 1 aliphatic rings. The van der Waals surface area contributed by atoms with Gasteiger partial charge in [0.15, 0.2) is 5.76 Å². The molecular weight excluding hydrogens is 532 g/mol. The number of halogens is 1. The molecule has 1 aliphatic heterocycles. The average molecular weight is 565 g/mol. The van der Waals surface area contributed by atoms with Crippen molar-refractivity contribution >= 4 is 51.0 Å². The summed E-state index contributed by atoms with van der Waals surface area (Å²) in [4.78, 5) is 29.9. The fraction of sp³-hybridized carbons (Fsp3) is 0.333. The van der Waals surface area contributed by atoms with Crippen LogP contribution in [0, 0.1) is 0 Å². The number of carbonyl (C=O) groups is 2. The number of benzene rings is 3. The van der Waals surface area contributed by atoms with Crippen molar-refractivity contribution in [3.05, 3.63) is 65.9 Å². The summed E-state index contributed by atoms with van der Waals surface area (Å²) in [5, 5.41) is 8.53. The number of nitrogens with one attached hydrogen (secondary N) is 2. The van der Waals surface area contributed by atoms with Crippen molar-refractivity contribution in [3.63, 3.8) is 0 Å². The van der Waals surface area contributed by atoms with Gasteiger partial charge in [-0.2, -0.15) is 0 Å². The third-order valence-corrected chi connectivity index (χ3v) is 7.46. The van der Waals surface area contributed by atoms with E-state index in [0.717, 1.165) is 28.3 Å². The Bertz CT molecular complexity index is 1540. The highest BCUT2D eigenvalue weighted by Crippen LogP contribution is 2.46. The van der Waals surface area contributed by atoms with Crippen molar-refractivity contribution in [3.8, 4) is 11.5 Å². The fourth-order valence-corrected chi connectivity index (χ4v) is 5.23. The first-order valence-corrected chi connectivity index (χ1v) is 13.8. The zero-order valence-electron chi connectivity index (χ0n) is 22.8. The highest BCUT2D eigenvalue weighted by atomic mass is 35.5. The number of ether oxygens (including phenoxy) is 2. The van der Waals surface area contributed by atoms with E-state index in [0.29, 0.717) is 54.9 Å². The predicted octanol–water partition coefficient (Wildman–Crippen LogP) is 4.82. The van der Waals surface area contributed by atoms with E-state index in [1.54, 1.807) is 30.1 Å². The van der Waals surface area contributed by atoms with Gasteiger partial charge in [0.2, 0.25) is 0 Å². The van der Waals surface area contributed by atoms with Crippen LogP contribution in [0.5, 0.6) is 11.5 Å². The molecule has 0 bridgehead atoms. The predicted molar refractivity (Wildman–Crippen MR) is 157 cm³/mol. The highest BCUT2D eigenvalue weighted by molar-refractivity contribution is 6.19. The first-order valence-electron chi connectivity index (χ1n) is 13.3. The van der Waals surface area contributed by atoms with E-state index < -0.39 is 6.09 Å². The maximum absolute atomic E-state index is 13.9. The topological polar surface area (TPSA) is 96.3 Å². The molecular formula is C30H33ClN4O5. The SMILES string of the molecule is CNCCOc1ccc2oc(C(=O)N3C[C@@H](CCl)c4c3cc(OC(=O)N(C)CCNC)c3ccccc43)cc2c1. The number of amides is 2. The molecule has 0 saturated carbocycles. The van der Waals surface area contributed by atoms with Crippen LogP contribution in [0.2, 0.25) is 0 Å². The molecule has 1 atom stereocenters. The minimum Gasteiger partial charge on any atom is -0.492 e. The van der Waals surface area contributed by atoms with Crippen molar-refractivity contribution in [2.45, 2.75) is 5.92 Å². The number of rotatable bonds is 10. The Labute approximate surface area is 237 Å². The third kappa shape index (κ3) is 5.45. The lowest BCUT2D eigenvalue weighted by molar-refractivity contribution is 0.0964. The van der Waals surface area contributed by atoms with Crippen molar-refractivity contribution in [2.24, 2.45) is 0 Å². The summed E-state index contributed by atoms with van der Waals surface area (Å²) in [7, 11) is 5.38. The molecule has 0 fully saturated rings. The Hall–Kier alpha value is -3.79. The smallest absolute Gasteiger partial charge is 0.415 e. The Morgan fingerprint density at radius 3 is 2.60 bits per heavy atom. The third-order valence-electron chi connectivity index (χ3n) is 7.09. The number of alkyl halides is 1. The lowest BCUT2D eigenvalue weighted by Crippen LogP contribution is -2.34. The van der Waals surface area contributed by atoms with Crippen LogP contribution in [0.25, 0.3) is 21.7 Å². The molecule has 0 spiro atoms. The lowest BCUT2D eigenvalue weighted by atomic mass is 9.95. The van der Waals surface area contributed by atoms with Crippen LogP contribution in [0.15, 0.2) is 59.0 Å². The van der Waals surface area contributed by atoms with E-state index in [2.05, 4.69) is 10.6 Å². The van der Waals surface area contributed by atoms with Crippen LogP contribution >= 0.6 is 11.6 Å². The number of hydrogen-bond donors (Lipinski definition) is 2. The summed E-state index contributed by atoms with van der Waals surface area (Å²) in [6.45, 7) is 2.77. The fourth-order valence-electron chi connectivity index (χ4n) is 4.98. The summed E-state index contributed by atoms with van der Waals surface area (Å²) in [6, 6.07) is 16.7. The molecule has 3 aromatic carbocycles. The number of fused-ring (bicyclic) bond motifs is 4. The van der Waals surface area contributed by atoms with Gasteiger partial charge in [-0.15, -0.1) is 11.6 Å². The number of hydrogen-bond acceptors (Lipinski definition) is 7. The second kappa shape index (κ2) is 12.2. The van der Waals surface area contributed by atoms with Crippen LogP contribution in [-0.4, -0.2) is 76.7 Å². The quantitative estimate of drug-likeness (QED) is 0.211. The van der Waals surface area contributed by atoms with Crippen LogP contribution < -0.4 is 25.0 Å². The molecule has 2 N–H and O–H groups in total. The second-order valence-electron chi connectivity index (χ2n) is 9.78. The zero-order valence-corrected chi connectivity index (χ0v) is 23.6. The van der Waals surface area contributed by atoms with Crippen molar-refractivity contribution in [1.29, 1.82) is 0 Å². The second-order valence-corrected chi connectivity index (χ2v) is 10.1. The first kappa shape index (κ1) is 27.8. The Morgan fingerprint density at radius 2 is 1.85 bits per heavy atom. The normalized spacial score (nSPS) is 14.5. The van der Waals surface area contributed by atoms with Crippen LogP contribution in [-0.2, 0) is 0 Å². The van der Waals surface area contributed by atoms with E-state index >= 15 is 0 Å². The summed E-state index contributed by atoms with van der Waals surface area (Å²) >= 11 is 6.42. The molecule has 2 amide bonds. The van der Waals surface area contributed by atoms with E-state index in [9.17, 15) is 9.59 Å². The molecule has 4 aromatic rings. The van der Waals surface area contributed by atoms with E-state index in [4.69, 9.17) is 25.5 Å². The summed E-state index contributed by atoms with van der Waals surface area (Å²) in [5.74, 6) is 1.25. The van der Waals surface area contributed by atoms with Gasteiger partial charge < -0.3 is 34.3 Å². The Morgan fingerprint density at radius 1 is 1.07 bits per heavy atom. The van der Waals surface area contributed by atoms with Gasteiger partial charge in [0.05, 0.1) is 5.69 Å². The zero-order chi connectivity index (χ0) is 28.2. The van der Waals surface area contributed by atoms with Crippen LogP contribution in [0.4, 0.5) is 10.5 Å². The molecule has 40 heavy (non-hydrogen) atoms. The van der Waals surface area contributed by atoms with Crippen LogP contribution in [0.3, 0.4) is 0 Å². The number of nitrogens with zero attached hydrogens (tertiary/aromatic N) is 2. The number of anilines is 1. The van der Waals surface area contributed by atoms with Crippen molar-refractivity contribution in [2.75, 3.05) is 64.7 Å². The minimum atomic E-state index is -0.477. The monoisotopic (exact) mass is 564 g/mol. The van der Waals surface area contributed by atoms with Crippen molar-refractivity contribution in [1.82, 2.24) is 15.5 Å². The van der Waals surface area contributed by atoms with Gasteiger partial charge in [-0.1, -0.05) is 24.3 Å². The maximum atomic E-state index is 13.9. The van der Waals surface area contributed by atoms with Gasteiger partial charge in [-0.25, -0.2) is 4.79 Å². The molecule has 210 valence electrons. The van der Waals surface area contributed by atoms with Crippen molar-refractivity contribution < 1.29 is 23.5 Å². The molecule has 9 nitrogen and oxygen atoms in total. The highest BCUT2D eigenvalue weighted by Gasteiger charge is 2.36. The Kier molecular flexibility index (Phi) is 8.44. The number of likely N-dealkylation sites (N-methyl/N-ethyl adjacent to an activating group) is 3. The molecule has 0 aliphatic carbocycles. The number of carbonyl (C=O) groups excluding carboxylic acids is 2. The molecule has 1 aromatic heterocycles.